The average molecular weight is 293 g/mol. The van der Waals surface area contributed by atoms with Crippen molar-refractivity contribution < 1.29 is 14.3 Å². The maximum atomic E-state index is 11.5. The van der Waals surface area contributed by atoms with E-state index in [1.807, 2.05) is 0 Å². The summed E-state index contributed by atoms with van der Waals surface area (Å²) in [6.45, 7) is 1.19. The third-order valence-electron chi connectivity index (χ3n) is 2.59. The lowest BCUT2D eigenvalue weighted by atomic mass is 10.1. The Morgan fingerprint density at radius 3 is 2.67 bits per heavy atom. The smallest absolute Gasteiger partial charge is 0.325 e. The molecule has 1 amide bonds. The summed E-state index contributed by atoms with van der Waals surface area (Å²) in [6.07, 6.45) is 4.97. The van der Waals surface area contributed by atoms with E-state index in [9.17, 15) is 19.2 Å². The highest BCUT2D eigenvalue weighted by atomic mass is 16.5. The van der Waals surface area contributed by atoms with Crippen LogP contribution in [0, 0.1) is 19.3 Å². The van der Waals surface area contributed by atoms with Crippen molar-refractivity contribution in [3.63, 3.8) is 0 Å². The molecule has 0 radical (unpaired) electrons. The third kappa shape index (κ3) is 5.36. The Hall–Kier alpha value is -2.82. The second-order valence-corrected chi connectivity index (χ2v) is 4.15. The first-order valence-corrected chi connectivity index (χ1v) is 6.12. The summed E-state index contributed by atoms with van der Waals surface area (Å²) in [5.41, 5.74) is -0.462. The van der Waals surface area contributed by atoms with Gasteiger partial charge in [0.25, 0.3) is 11.5 Å². The first-order chi connectivity index (χ1) is 9.93. The molecule has 0 aliphatic carbocycles. The zero-order chi connectivity index (χ0) is 15.8. The van der Waals surface area contributed by atoms with Gasteiger partial charge in [-0.1, -0.05) is 5.92 Å². The molecule has 3 N–H and O–H groups in total. The zero-order valence-electron chi connectivity index (χ0n) is 11.4. The third-order valence-corrected chi connectivity index (χ3v) is 2.59. The van der Waals surface area contributed by atoms with E-state index >= 15 is 0 Å². The lowest BCUT2D eigenvalue weighted by Crippen LogP contribution is -2.29. The van der Waals surface area contributed by atoms with Crippen LogP contribution in [0.1, 0.15) is 17.7 Å². The Morgan fingerprint density at radius 1 is 1.33 bits per heavy atom. The zero-order valence-corrected chi connectivity index (χ0v) is 11.4. The lowest BCUT2D eigenvalue weighted by molar-refractivity contribution is -0.148. The van der Waals surface area contributed by atoms with E-state index in [0.29, 0.717) is 11.3 Å². The monoisotopic (exact) mass is 293 g/mol. The highest BCUT2D eigenvalue weighted by molar-refractivity contribution is 5.80. The van der Waals surface area contributed by atoms with E-state index < -0.39 is 29.7 Å². The van der Waals surface area contributed by atoms with E-state index in [-0.39, 0.29) is 19.4 Å². The van der Waals surface area contributed by atoms with Crippen LogP contribution in [0.15, 0.2) is 9.59 Å². The van der Waals surface area contributed by atoms with Gasteiger partial charge >= 0.3 is 11.7 Å². The normalized spacial score (nSPS) is 9.71. The number of terminal acetylenes is 1. The second-order valence-electron chi connectivity index (χ2n) is 4.15. The van der Waals surface area contributed by atoms with Crippen molar-refractivity contribution in [1.29, 1.82) is 0 Å². The van der Waals surface area contributed by atoms with Crippen LogP contribution in [0.3, 0.4) is 0 Å². The number of esters is 1. The minimum Gasteiger partial charge on any atom is -0.456 e. The maximum absolute atomic E-state index is 11.5. The topological polar surface area (TPSA) is 121 Å². The van der Waals surface area contributed by atoms with Crippen molar-refractivity contribution in [3.05, 3.63) is 32.1 Å². The molecule has 0 spiro atoms. The lowest BCUT2D eigenvalue weighted by Gasteiger charge is -2.05. The molecule has 1 rings (SSSR count). The fourth-order valence-corrected chi connectivity index (χ4v) is 1.57. The number of rotatable bonds is 6. The molecule has 1 aromatic rings. The van der Waals surface area contributed by atoms with Crippen LogP contribution >= 0.6 is 0 Å². The predicted octanol–water partition coefficient (Wildman–Crippen LogP) is -1.40. The molecule has 8 heteroatoms. The molecule has 112 valence electrons. The van der Waals surface area contributed by atoms with E-state index in [1.54, 1.807) is 6.92 Å². The Bertz CT molecular complexity index is 680. The molecule has 8 nitrogen and oxygen atoms in total. The van der Waals surface area contributed by atoms with Gasteiger partial charge in [0, 0.05) is 17.7 Å². The van der Waals surface area contributed by atoms with E-state index in [4.69, 9.17) is 11.2 Å². The predicted molar refractivity (Wildman–Crippen MR) is 73.5 cm³/mol. The number of aromatic nitrogens is 2. The average Bonchev–Trinajstić information content (AvgIpc) is 2.41. The number of aromatic amines is 2. The van der Waals surface area contributed by atoms with Crippen LogP contribution in [-0.4, -0.2) is 35.0 Å². The van der Waals surface area contributed by atoms with Gasteiger partial charge in [0.1, 0.15) is 0 Å². The molecular weight excluding hydrogens is 278 g/mol. The molecular formula is C13H15N3O5. The molecule has 0 saturated heterocycles. The van der Waals surface area contributed by atoms with E-state index in [0.717, 1.165) is 0 Å². The number of hydrogen-bond donors (Lipinski definition) is 3. The Balaban J connectivity index is 2.48. The van der Waals surface area contributed by atoms with Crippen molar-refractivity contribution in [2.24, 2.45) is 0 Å². The highest BCUT2D eigenvalue weighted by Crippen LogP contribution is 2.01. The number of amides is 1. The number of aryl methyl sites for hydroxylation is 1. The highest BCUT2D eigenvalue weighted by Gasteiger charge is 2.11. The molecule has 1 aromatic heterocycles. The molecule has 0 fully saturated rings. The quantitative estimate of drug-likeness (QED) is 0.440. The standard InChI is InChI=1S/C13H15N3O5/c1-3-6-14-10(17)7-21-11(18)5-4-9-8(2)15-13(20)16-12(9)19/h1H,4-7H2,2H3,(H,14,17)(H2,15,16,19,20). The fourth-order valence-electron chi connectivity index (χ4n) is 1.57. The van der Waals surface area contributed by atoms with E-state index in [2.05, 4.69) is 21.2 Å². The van der Waals surface area contributed by atoms with Crippen LogP contribution in [0.4, 0.5) is 0 Å². The van der Waals surface area contributed by atoms with Crippen molar-refractivity contribution >= 4 is 11.9 Å². The van der Waals surface area contributed by atoms with Crippen LogP contribution in [0.2, 0.25) is 0 Å². The molecule has 0 unspecified atom stereocenters. The van der Waals surface area contributed by atoms with Gasteiger partial charge in [-0.2, -0.15) is 0 Å². The summed E-state index contributed by atoms with van der Waals surface area (Å²) in [6, 6.07) is 0. The molecule has 0 aliphatic heterocycles. The minimum atomic E-state index is -0.629. The number of H-pyrrole nitrogens is 2. The Labute approximate surface area is 119 Å². The molecule has 0 atom stereocenters. The number of carbonyl (C=O) groups is 2. The van der Waals surface area contributed by atoms with Crippen molar-refractivity contribution in [2.45, 2.75) is 19.8 Å². The van der Waals surface area contributed by atoms with Crippen LogP contribution in [0.25, 0.3) is 0 Å². The summed E-state index contributed by atoms with van der Waals surface area (Å²) in [7, 11) is 0. The summed E-state index contributed by atoms with van der Waals surface area (Å²) >= 11 is 0. The van der Waals surface area contributed by atoms with Gasteiger partial charge in [0.05, 0.1) is 6.54 Å². The van der Waals surface area contributed by atoms with Crippen LogP contribution in [0.5, 0.6) is 0 Å². The second kappa shape index (κ2) is 7.69. The molecule has 0 aromatic carbocycles. The van der Waals surface area contributed by atoms with Gasteiger partial charge < -0.3 is 15.0 Å². The van der Waals surface area contributed by atoms with Crippen molar-refractivity contribution in [3.8, 4) is 12.3 Å². The summed E-state index contributed by atoms with van der Waals surface area (Å²) in [5.74, 6) is 1.08. The minimum absolute atomic E-state index is 0.0579. The van der Waals surface area contributed by atoms with E-state index in [1.165, 1.54) is 0 Å². The fraction of sp³-hybridized carbons (Fsp3) is 0.385. The summed E-state index contributed by atoms with van der Waals surface area (Å²) in [4.78, 5) is 49.7. The SMILES string of the molecule is C#CCNC(=O)COC(=O)CCc1c(C)[nH]c(=O)[nH]c1=O. The van der Waals surface area contributed by atoms with Gasteiger partial charge in [-0.25, -0.2) is 4.79 Å². The summed E-state index contributed by atoms with van der Waals surface area (Å²) in [5, 5.41) is 2.34. The first-order valence-electron chi connectivity index (χ1n) is 6.12. The van der Waals surface area contributed by atoms with Crippen LogP contribution < -0.4 is 16.6 Å². The van der Waals surface area contributed by atoms with Gasteiger partial charge in [-0.05, 0) is 13.3 Å². The number of hydrogen-bond acceptors (Lipinski definition) is 5. The molecule has 21 heavy (non-hydrogen) atoms. The summed E-state index contributed by atoms with van der Waals surface area (Å²) < 4.78 is 4.72. The van der Waals surface area contributed by atoms with Crippen LogP contribution in [-0.2, 0) is 20.7 Å². The first kappa shape index (κ1) is 16.2. The number of ether oxygens (including phenoxy) is 1. The van der Waals surface area contributed by atoms with Crippen molar-refractivity contribution in [1.82, 2.24) is 15.3 Å². The van der Waals surface area contributed by atoms with Crippen molar-refractivity contribution in [2.75, 3.05) is 13.2 Å². The van der Waals surface area contributed by atoms with Gasteiger partial charge in [0.2, 0.25) is 0 Å². The Morgan fingerprint density at radius 2 is 2.05 bits per heavy atom. The van der Waals surface area contributed by atoms with Gasteiger partial charge in [-0.15, -0.1) is 6.42 Å². The number of carbonyl (C=O) groups excluding carboxylic acids is 2. The van der Waals surface area contributed by atoms with Gasteiger partial charge in [-0.3, -0.25) is 19.4 Å². The largest absolute Gasteiger partial charge is 0.456 e. The maximum Gasteiger partial charge on any atom is 0.325 e. The molecule has 0 saturated carbocycles. The number of nitrogens with one attached hydrogen (secondary N) is 3. The molecule has 0 aliphatic rings. The van der Waals surface area contributed by atoms with Gasteiger partial charge in [0.15, 0.2) is 6.61 Å². The molecule has 1 heterocycles. The Kier molecular flexibility index (Phi) is 5.95. The molecule has 0 bridgehead atoms.